The van der Waals surface area contributed by atoms with Gasteiger partial charge in [-0.3, -0.25) is 9.79 Å². The number of guanidine groups is 1. The lowest BCUT2D eigenvalue weighted by atomic mass is 9.96. The average Bonchev–Trinajstić information content (AvgIpc) is 3.04. The van der Waals surface area contributed by atoms with Gasteiger partial charge in [-0.15, -0.1) is 0 Å². The van der Waals surface area contributed by atoms with Crippen molar-refractivity contribution in [2.45, 2.75) is 18.5 Å². The van der Waals surface area contributed by atoms with Gasteiger partial charge in [0.1, 0.15) is 0 Å². The largest absolute Gasteiger partial charge is 0.416 e. The monoisotopic (exact) mass is 356 g/mol. The van der Waals surface area contributed by atoms with Crippen molar-refractivity contribution < 1.29 is 18.0 Å². The highest BCUT2D eigenvalue weighted by Gasteiger charge is 2.32. The number of nitrogens with zero attached hydrogens (tertiary/aromatic N) is 3. The predicted molar refractivity (Wildman–Crippen MR) is 90.4 cm³/mol. The number of alkyl halides is 3. The molecule has 2 rings (SSSR count). The number of benzene rings is 1. The van der Waals surface area contributed by atoms with Crippen molar-refractivity contribution in [2.75, 3.05) is 40.8 Å². The third-order valence-corrected chi connectivity index (χ3v) is 4.28. The maximum absolute atomic E-state index is 12.9. The predicted octanol–water partition coefficient (Wildman–Crippen LogP) is 2.16. The highest BCUT2D eigenvalue weighted by Crippen LogP contribution is 2.33. The van der Waals surface area contributed by atoms with Crippen LogP contribution in [0.2, 0.25) is 0 Å². The molecule has 5 nitrogen and oxygen atoms in total. The van der Waals surface area contributed by atoms with E-state index in [1.165, 1.54) is 17.0 Å². The fourth-order valence-electron chi connectivity index (χ4n) is 2.84. The number of hydrogen-bond acceptors (Lipinski definition) is 2. The average molecular weight is 356 g/mol. The summed E-state index contributed by atoms with van der Waals surface area (Å²) in [5.74, 6) is 0.518. The van der Waals surface area contributed by atoms with Crippen molar-refractivity contribution in [1.29, 1.82) is 0 Å². The molecule has 1 aliphatic rings. The van der Waals surface area contributed by atoms with Crippen molar-refractivity contribution >= 4 is 11.9 Å². The van der Waals surface area contributed by atoms with Gasteiger partial charge >= 0.3 is 6.18 Å². The van der Waals surface area contributed by atoms with Crippen LogP contribution < -0.4 is 5.32 Å². The third-order valence-electron chi connectivity index (χ3n) is 4.28. The van der Waals surface area contributed by atoms with Gasteiger partial charge in [-0.25, -0.2) is 0 Å². The lowest BCUT2D eigenvalue weighted by Crippen LogP contribution is -2.44. The van der Waals surface area contributed by atoms with Gasteiger partial charge in [0.15, 0.2) is 5.96 Å². The maximum Gasteiger partial charge on any atom is 0.416 e. The maximum atomic E-state index is 12.9. The number of amides is 1. The van der Waals surface area contributed by atoms with E-state index in [1.807, 2.05) is 4.90 Å². The van der Waals surface area contributed by atoms with Crippen LogP contribution in [0.4, 0.5) is 13.2 Å². The molecule has 0 aromatic heterocycles. The van der Waals surface area contributed by atoms with Crippen molar-refractivity contribution in [3.63, 3.8) is 0 Å². The molecular weight excluding hydrogens is 333 g/mol. The minimum atomic E-state index is -4.33. The summed E-state index contributed by atoms with van der Waals surface area (Å²) >= 11 is 0. The number of hydrogen-bond donors (Lipinski definition) is 1. The Morgan fingerprint density at radius 1 is 1.40 bits per heavy atom. The molecule has 1 atom stereocenters. The molecule has 0 radical (unpaired) electrons. The fourth-order valence-corrected chi connectivity index (χ4v) is 2.84. The van der Waals surface area contributed by atoms with Gasteiger partial charge in [0.2, 0.25) is 5.91 Å². The first kappa shape index (κ1) is 19.1. The van der Waals surface area contributed by atoms with Gasteiger partial charge in [0.25, 0.3) is 0 Å². The van der Waals surface area contributed by atoms with E-state index in [0.29, 0.717) is 24.6 Å². The molecule has 1 aromatic rings. The Hall–Kier alpha value is -2.25. The summed E-state index contributed by atoms with van der Waals surface area (Å²) in [6.07, 6.45) is -3.60. The molecule has 0 saturated carbocycles. The van der Waals surface area contributed by atoms with Crippen LogP contribution >= 0.6 is 0 Å². The molecule has 0 spiro atoms. The first-order chi connectivity index (χ1) is 11.7. The van der Waals surface area contributed by atoms with Crippen LogP contribution in [0, 0.1) is 0 Å². The number of aliphatic imine (C=N–C) groups is 1. The number of likely N-dealkylation sites (N-methyl/N-ethyl adjacent to an activating group) is 1. The van der Waals surface area contributed by atoms with Gasteiger partial charge in [0, 0.05) is 40.2 Å². The minimum Gasteiger partial charge on any atom is -0.347 e. The summed E-state index contributed by atoms with van der Waals surface area (Å²) in [4.78, 5) is 19.3. The smallest absolute Gasteiger partial charge is 0.347 e. The lowest BCUT2D eigenvalue weighted by molar-refractivity contribution is -0.137. The zero-order valence-electron chi connectivity index (χ0n) is 14.6. The van der Waals surface area contributed by atoms with E-state index in [1.54, 1.807) is 27.2 Å². The second kappa shape index (κ2) is 7.76. The zero-order chi connectivity index (χ0) is 18.6. The summed E-state index contributed by atoms with van der Waals surface area (Å²) in [6.45, 7) is 1.37. The molecule has 0 bridgehead atoms. The Kier molecular flexibility index (Phi) is 5.92. The Labute approximate surface area is 145 Å². The molecule has 1 aliphatic heterocycles. The van der Waals surface area contributed by atoms with Gasteiger partial charge < -0.3 is 15.1 Å². The number of nitrogens with one attached hydrogen (secondary N) is 1. The summed E-state index contributed by atoms with van der Waals surface area (Å²) in [7, 11) is 4.97. The van der Waals surface area contributed by atoms with E-state index in [9.17, 15) is 18.0 Å². The number of carbonyl (C=O) groups excluding carboxylic acids is 1. The number of likely N-dealkylation sites (tertiary alicyclic amines) is 1. The number of halogens is 3. The van der Waals surface area contributed by atoms with Gasteiger partial charge in [-0.05, 0) is 18.1 Å². The fraction of sp³-hybridized carbons (Fsp3) is 0.529. The summed E-state index contributed by atoms with van der Waals surface area (Å²) < 4.78 is 38.6. The standard InChI is InChI=1S/C17H23F3N4O/c1-21-16(22-10-15(25)23(2)3)24-8-7-13(11-24)12-5-4-6-14(9-12)17(18,19)20/h4-6,9,13H,7-8,10-11H2,1-3H3,(H,21,22). The van der Waals surface area contributed by atoms with E-state index in [4.69, 9.17) is 0 Å². The third kappa shape index (κ3) is 4.87. The molecule has 1 aromatic carbocycles. The second-order valence-corrected chi connectivity index (χ2v) is 6.24. The first-order valence-corrected chi connectivity index (χ1v) is 8.05. The molecule has 1 saturated heterocycles. The van der Waals surface area contributed by atoms with Crippen molar-refractivity contribution in [3.05, 3.63) is 35.4 Å². The molecule has 1 amide bonds. The van der Waals surface area contributed by atoms with Gasteiger partial charge in [0.05, 0.1) is 12.1 Å². The van der Waals surface area contributed by atoms with E-state index in [2.05, 4.69) is 10.3 Å². The quantitative estimate of drug-likeness (QED) is 0.667. The van der Waals surface area contributed by atoms with Crippen molar-refractivity contribution in [1.82, 2.24) is 15.1 Å². The first-order valence-electron chi connectivity index (χ1n) is 8.05. The zero-order valence-corrected chi connectivity index (χ0v) is 14.6. The van der Waals surface area contributed by atoms with Gasteiger partial charge in [-0.2, -0.15) is 13.2 Å². The molecule has 8 heteroatoms. The van der Waals surface area contributed by atoms with Crippen LogP contribution in [-0.4, -0.2) is 62.4 Å². The van der Waals surface area contributed by atoms with Crippen LogP contribution in [0.25, 0.3) is 0 Å². The normalized spacial score (nSPS) is 18.4. The molecular formula is C17H23F3N4O. The molecule has 1 fully saturated rings. The summed E-state index contributed by atoms with van der Waals surface area (Å²) in [5, 5.41) is 3.00. The Balaban J connectivity index is 2.02. The van der Waals surface area contributed by atoms with E-state index >= 15 is 0 Å². The van der Waals surface area contributed by atoms with Gasteiger partial charge in [-0.1, -0.05) is 18.2 Å². The Bertz CT molecular complexity index is 643. The summed E-state index contributed by atoms with van der Waals surface area (Å²) in [6, 6.07) is 5.49. The van der Waals surface area contributed by atoms with Crippen molar-refractivity contribution in [3.8, 4) is 0 Å². The lowest BCUT2D eigenvalue weighted by Gasteiger charge is -2.22. The molecule has 1 heterocycles. The number of rotatable bonds is 3. The molecule has 25 heavy (non-hydrogen) atoms. The molecule has 1 N–H and O–H groups in total. The summed E-state index contributed by atoms with van der Waals surface area (Å²) in [5.41, 5.74) is 0.0553. The Morgan fingerprint density at radius 3 is 2.72 bits per heavy atom. The number of carbonyl (C=O) groups is 1. The van der Waals surface area contributed by atoms with Crippen LogP contribution in [0.15, 0.2) is 29.3 Å². The van der Waals surface area contributed by atoms with Crippen LogP contribution in [0.3, 0.4) is 0 Å². The molecule has 1 unspecified atom stereocenters. The SMILES string of the molecule is CN=C(NCC(=O)N(C)C)N1CCC(c2cccc(C(F)(F)F)c2)C1. The highest BCUT2D eigenvalue weighted by molar-refractivity contribution is 5.86. The second-order valence-electron chi connectivity index (χ2n) is 6.24. The minimum absolute atomic E-state index is 0.00500. The van der Waals surface area contributed by atoms with Crippen LogP contribution in [-0.2, 0) is 11.0 Å². The molecule has 0 aliphatic carbocycles. The van der Waals surface area contributed by atoms with E-state index < -0.39 is 11.7 Å². The topological polar surface area (TPSA) is 47.9 Å². The van der Waals surface area contributed by atoms with E-state index in [-0.39, 0.29) is 18.4 Å². The van der Waals surface area contributed by atoms with Crippen LogP contribution in [0.5, 0.6) is 0 Å². The van der Waals surface area contributed by atoms with Crippen LogP contribution in [0.1, 0.15) is 23.5 Å². The molecule has 138 valence electrons. The van der Waals surface area contributed by atoms with E-state index in [0.717, 1.165) is 12.5 Å². The Morgan fingerprint density at radius 2 is 2.12 bits per heavy atom. The highest BCUT2D eigenvalue weighted by atomic mass is 19.4. The van der Waals surface area contributed by atoms with Crippen molar-refractivity contribution in [2.24, 2.45) is 4.99 Å².